The molecule has 5 N–H and O–H groups in total. The number of hydrogen-bond donors (Lipinski definition) is 5. The van der Waals surface area contributed by atoms with Crippen LogP contribution in [0.15, 0.2) is 23.3 Å². The van der Waals surface area contributed by atoms with Crippen molar-refractivity contribution in [3.63, 3.8) is 0 Å². The van der Waals surface area contributed by atoms with Crippen molar-refractivity contribution in [1.29, 1.82) is 0 Å². The van der Waals surface area contributed by atoms with E-state index in [4.69, 9.17) is 9.47 Å². The van der Waals surface area contributed by atoms with Crippen LogP contribution in [0.5, 0.6) is 0 Å². The van der Waals surface area contributed by atoms with Gasteiger partial charge in [-0.15, -0.1) is 0 Å². The van der Waals surface area contributed by atoms with E-state index in [2.05, 4.69) is 25.2 Å². The first-order valence-electron chi connectivity index (χ1n) is 19.0. The summed E-state index contributed by atoms with van der Waals surface area (Å²) in [4.78, 5) is 26.9. The van der Waals surface area contributed by atoms with Crippen molar-refractivity contribution in [2.75, 3.05) is 26.8 Å². The van der Waals surface area contributed by atoms with E-state index in [0.29, 0.717) is 76.9 Å². The van der Waals surface area contributed by atoms with Crippen LogP contribution >= 0.6 is 0 Å². The van der Waals surface area contributed by atoms with Gasteiger partial charge in [0, 0.05) is 43.6 Å². The Morgan fingerprint density at radius 3 is 2.65 bits per heavy atom. The molecule has 48 heavy (non-hydrogen) atoms. The van der Waals surface area contributed by atoms with Crippen LogP contribution in [0.25, 0.3) is 0 Å². The molecule has 1 aliphatic heterocycles. The summed E-state index contributed by atoms with van der Waals surface area (Å²) in [5, 5.41) is 55.2. The first kappa shape index (κ1) is 33.5. The smallest absolute Gasteiger partial charge is 0.332 e. The molecule has 1 heterocycles. The highest BCUT2D eigenvalue weighted by Gasteiger charge is 2.83. The molecule has 9 nitrogen and oxygen atoms in total. The minimum absolute atomic E-state index is 0.0908. The molecule has 0 aromatic carbocycles. The maximum absolute atomic E-state index is 13.7. The van der Waals surface area contributed by atoms with Crippen LogP contribution in [-0.2, 0) is 19.1 Å². The van der Waals surface area contributed by atoms with E-state index < -0.39 is 57.1 Å². The number of aldehydes is 1. The predicted molar refractivity (Wildman–Crippen MR) is 177 cm³/mol. The molecule has 6 fully saturated rings. The van der Waals surface area contributed by atoms with E-state index in [1.165, 1.54) is 0 Å². The molecule has 0 aromatic heterocycles. The third-order valence-corrected chi connectivity index (χ3v) is 16.0. The van der Waals surface area contributed by atoms with Gasteiger partial charge < -0.3 is 40.0 Å². The standard InChI is InChI=1S/C39H57NO8/c1-23(2)24-6-7-28-30(42)8-12-35(22-41)31-9-13-34-10-4-11-36-27(21-40-14-5-15-47-3)17-25(33(34)29(36)18-32(43)48-36)19-38(34,45)37(31,44)20-26(16-24)39(28,35)46/h17-18,22-26,28,30-31,33,40,42,44-46H,4-16,19-21H2,1-3H3. The number of nitrogens with one attached hydrogen (secondary N) is 1. The average Bonchev–Trinajstić information content (AvgIpc) is 3.41. The zero-order valence-electron chi connectivity index (χ0n) is 29.1. The maximum atomic E-state index is 13.7. The molecule has 0 aromatic rings. The fraction of sp³-hybridized carbons (Fsp3) is 0.846. The summed E-state index contributed by atoms with van der Waals surface area (Å²) < 4.78 is 11.5. The second-order valence-electron chi connectivity index (χ2n) is 17.7. The van der Waals surface area contributed by atoms with Crippen molar-refractivity contribution < 1.29 is 39.5 Å². The lowest BCUT2D eigenvalue weighted by molar-refractivity contribution is -0.343. The van der Waals surface area contributed by atoms with Gasteiger partial charge in [0.1, 0.15) is 11.9 Å². The summed E-state index contributed by atoms with van der Waals surface area (Å²) in [6, 6.07) is 0. The van der Waals surface area contributed by atoms with Crippen molar-refractivity contribution >= 4 is 12.3 Å². The van der Waals surface area contributed by atoms with Crippen molar-refractivity contribution in [2.24, 2.45) is 52.3 Å². The number of carbonyl (C=O) groups excluding carboxylic acids is 2. The third kappa shape index (κ3) is 3.95. The van der Waals surface area contributed by atoms with E-state index in [0.717, 1.165) is 43.2 Å². The van der Waals surface area contributed by atoms with Crippen LogP contribution in [0.4, 0.5) is 0 Å². The Balaban J connectivity index is 1.25. The van der Waals surface area contributed by atoms with Crippen LogP contribution in [0, 0.1) is 52.3 Å². The summed E-state index contributed by atoms with van der Waals surface area (Å²) in [5.74, 6) is -1.42. The normalized spacial score (nSPS) is 51.8. The molecule has 9 heteroatoms. The number of aliphatic hydroxyl groups is 4. The molecule has 8 aliphatic rings. The molecular weight excluding hydrogens is 610 g/mol. The number of allylic oxidation sites excluding steroid dienone is 1. The second-order valence-corrected chi connectivity index (χ2v) is 17.7. The largest absolute Gasteiger partial charge is 0.447 e. The highest BCUT2D eigenvalue weighted by Crippen LogP contribution is 2.78. The summed E-state index contributed by atoms with van der Waals surface area (Å²) >= 11 is 0. The first-order valence-corrected chi connectivity index (χ1v) is 19.0. The SMILES string of the molecule is COCCCNCC1=CC2CC3(O)C4(O)CC5CC(C(C)C)CCC6C(O)CCC(C=O)(C4CCC34CCCC13OC(=O)C=C3C24)C56O. The van der Waals surface area contributed by atoms with Gasteiger partial charge in [-0.1, -0.05) is 19.9 Å². The van der Waals surface area contributed by atoms with E-state index in [-0.39, 0.29) is 30.1 Å². The Bertz CT molecular complexity index is 1410. The lowest BCUT2D eigenvalue weighted by Gasteiger charge is -2.71. The number of carbonyl (C=O) groups is 2. The number of rotatable bonds is 8. The number of fused-ring (bicyclic) bond motifs is 3. The van der Waals surface area contributed by atoms with Crippen molar-refractivity contribution in [3.05, 3.63) is 23.3 Å². The predicted octanol–water partition coefficient (Wildman–Crippen LogP) is 3.62. The summed E-state index contributed by atoms with van der Waals surface area (Å²) in [7, 11) is 1.69. The Morgan fingerprint density at radius 1 is 1.08 bits per heavy atom. The van der Waals surface area contributed by atoms with Gasteiger partial charge in [0.15, 0.2) is 5.60 Å². The minimum atomic E-state index is -1.61. The van der Waals surface area contributed by atoms with Gasteiger partial charge in [0.2, 0.25) is 0 Å². The highest BCUT2D eigenvalue weighted by molar-refractivity contribution is 5.88. The topological polar surface area (TPSA) is 146 Å². The average molecular weight is 668 g/mol. The van der Waals surface area contributed by atoms with Gasteiger partial charge in [-0.25, -0.2) is 4.79 Å². The molecule has 13 unspecified atom stereocenters. The maximum Gasteiger partial charge on any atom is 0.332 e. The van der Waals surface area contributed by atoms with Crippen molar-refractivity contribution in [3.8, 4) is 0 Å². The third-order valence-electron chi connectivity index (χ3n) is 16.0. The lowest BCUT2D eigenvalue weighted by atomic mass is 9.36. The number of ether oxygens (including phenoxy) is 2. The minimum Gasteiger partial charge on any atom is -0.447 e. The highest BCUT2D eigenvalue weighted by atomic mass is 16.6. The van der Waals surface area contributed by atoms with Gasteiger partial charge in [-0.3, -0.25) is 0 Å². The molecule has 13 atom stereocenters. The molecule has 1 spiro atoms. The van der Waals surface area contributed by atoms with E-state index >= 15 is 0 Å². The van der Waals surface area contributed by atoms with Gasteiger partial charge in [-0.05, 0) is 131 Å². The van der Waals surface area contributed by atoms with Crippen LogP contribution in [-0.4, -0.2) is 88.0 Å². The Hall–Kier alpha value is -1.62. The Kier molecular flexibility index (Phi) is 7.81. The monoisotopic (exact) mass is 667 g/mol. The van der Waals surface area contributed by atoms with Gasteiger partial charge in [0.05, 0.1) is 22.7 Å². The molecule has 7 aliphatic carbocycles. The number of hydrogen-bond acceptors (Lipinski definition) is 9. The summed E-state index contributed by atoms with van der Waals surface area (Å²) in [6.07, 6.45) is 11.8. The molecule has 0 radical (unpaired) electrons. The second kappa shape index (κ2) is 11.2. The molecule has 6 saturated carbocycles. The summed E-state index contributed by atoms with van der Waals surface area (Å²) in [6.45, 7) is 6.39. The lowest BCUT2D eigenvalue weighted by Crippen LogP contribution is -2.80. The van der Waals surface area contributed by atoms with Crippen molar-refractivity contribution in [2.45, 2.75) is 126 Å². The van der Waals surface area contributed by atoms with Crippen LogP contribution in [0.2, 0.25) is 0 Å². The zero-order valence-corrected chi connectivity index (χ0v) is 29.1. The zero-order chi connectivity index (χ0) is 33.9. The van der Waals surface area contributed by atoms with Crippen LogP contribution < -0.4 is 5.32 Å². The Morgan fingerprint density at radius 2 is 1.90 bits per heavy atom. The number of methoxy groups -OCH3 is 1. The van der Waals surface area contributed by atoms with Gasteiger partial charge >= 0.3 is 5.97 Å². The van der Waals surface area contributed by atoms with Gasteiger partial charge in [0.25, 0.3) is 0 Å². The molecule has 8 rings (SSSR count). The molecule has 0 saturated heterocycles. The fourth-order valence-corrected chi connectivity index (χ4v) is 14.1. The van der Waals surface area contributed by atoms with Crippen LogP contribution in [0.3, 0.4) is 0 Å². The van der Waals surface area contributed by atoms with Crippen molar-refractivity contribution in [1.82, 2.24) is 5.32 Å². The Labute approximate surface area is 284 Å². The molecular formula is C39H57NO8. The number of aliphatic hydroxyl groups excluding tert-OH is 1. The van der Waals surface area contributed by atoms with E-state index in [1.807, 2.05) is 0 Å². The first-order chi connectivity index (χ1) is 22.9. The molecule has 266 valence electrons. The number of esters is 1. The summed E-state index contributed by atoms with van der Waals surface area (Å²) in [5.41, 5.74) is -5.33. The van der Waals surface area contributed by atoms with E-state index in [1.54, 1.807) is 13.2 Å². The van der Waals surface area contributed by atoms with Gasteiger partial charge in [-0.2, -0.15) is 0 Å². The molecule has 2 bridgehead atoms. The van der Waals surface area contributed by atoms with E-state index in [9.17, 15) is 30.0 Å². The fourth-order valence-electron chi connectivity index (χ4n) is 14.1. The van der Waals surface area contributed by atoms with Crippen LogP contribution in [0.1, 0.15) is 97.3 Å². The molecule has 0 amide bonds. The quantitative estimate of drug-likeness (QED) is 0.113.